The molecule has 0 spiro atoms. The Morgan fingerprint density at radius 1 is 1.61 bits per heavy atom. The lowest BCUT2D eigenvalue weighted by Crippen LogP contribution is -2.55. The number of halogens is 1. The van der Waals surface area contributed by atoms with Crippen molar-refractivity contribution in [2.45, 2.75) is 24.8 Å². The van der Waals surface area contributed by atoms with E-state index in [1.807, 2.05) is 0 Å². The predicted octanol–water partition coefficient (Wildman–Crippen LogP) is 1.98. The van der Waals surface area contributed by atoms with Gasteiger partial charge in [-0.05, 0) is 30.3 Å². The first-order valence-corrected chi connectivity index (χ1v) is 6.80. The number of nitrogens with one attached hydrogen (secondary N) is 1. The fraction of sp³-hybridized carbons (Fsp3) is 0.545. The van der Waals surface area contributed by atoms with Gasteiger partial charge in [-0.15, -0.1) is 0 Å². The molecule has 1 fully saturated rings. The van der Waals surface area contributed by atoms with Gasteiger partial charge >= 0.3 is 5.82 Å². The number of nitro groups is 1. The molecule has 1 aromatic heterocycles. The second kappa shape index (κ2) is 4.72. The Labute approximate surface area is 113 Å². The summed E-state index contributed by atoms with van der Waals surface area (Å²) in [6.07, 6.45) is 2.98. The third-order valence-electron chi connectivity index (χ3n) is 3.46. The number of carbonyl (C=O) groups is 1. The van der Waals surface area contributed by atoms with Crippen LogP contribution in [0.2, 0.25) is 0 Å². The zero-order chi connectivity index (χ0) is 13.3. The van der Waals surface area contributed by atoms with Gasteiger partial charge in [-0.1, -0.05) is 15.9 Å². The van der Waals surface area contributed by atoms with Crippen LogP contribution in [0.3, 0.4) is 0 Å². The van der Waals surface area contributed by atoms with E-state index in [0.29, 0.717) is 11.0 Å². The number of carbonyl (C=O) groups excluding carboxylic acids is 1. The lowest BCUT2D eigenvalue weighted by molar-refractivity contribution is -0.391. The van der Waals surface area contributed by atoms with E-state index < -0.39 is 4.92 Å². The Balaban J connectivity index is 2.17. The molecular formula is C11H14BrN3O3. The highest BCUT2D eigenvalue weighted by Crippen LogP contribution is 2.33. The lowest BCUT2D eigenvalue weighted by Gasteiger charge is -2.40. The molecule has 0 saturated heterocycles. The van der Waals surface area contributed by atoms with Crippen molar-refractivity contribution in [1.29, 1.82) is 0 Å². The highest BCUT2D eigenvalue weighted by molar-refractivity contribution is 9.09. The zero-order valence-corrected chi connectivity index (χ0v) is 11.6. The van der Waals surface area contributed by atoms with E-state index in [4.69, 9.17) is 0 Å². The van der Waals surface area contributed by atoms with Crippen LogP contribution in [-0.4, -0.2) is 26.3 Å². The fourth-order valence-electron chi connectivity index (χ4n) is 2.11. The standard InChI is InChI=1S/C11H14BrN3O3/c1-14-8(3-4-9(14)15(17)18)10(16)13-11(7-12)5-2-6-11/h3-4H,2,5-7H2,1H3,(H,13,16). The van der Waals surface area contributed by atoms with Crippen molar-refractivity contribution in [3.05, 3.63) is 27.9 Å². The quantitative estimate of drug-likeness (QED) is 0.524. The summed E-state index contributed by atoms with van der Waals surface area (Å²) in [5.74, 6) is -0.341. The van der Waals surface area contributed by atoms with Gasteiger partial charge in [-0.2, -0.15) is 0 Å². The summed E-state index contributed by atoms with van der Waals surface area (Å²) in [7, 11) is 1.52. The second-order valence-corrected chi connectivity index (χ2v) is 5.18. The van der Waals surface area contributed by atoms with Crippen LogP contribution >= 0.6 is 15.9 Å². The molecule has 0 aromatic carbocycles. The number of alkyl halides is 1. The van der Waals surface area contributed by atoms with E-state index in [-0.39, 0.29) is 17.3 Å². The largest absolute Gasteiger partial charge is 0.358 e. The third-order valence-corrected chi connectivity index (χ3v) is 4.53. The number of rotatable bonds is 4. The molecule has 1 amide bonds. The molecule has 1 saturated carbocycles. The van der Waals surface area contributed by atoms with Crippen LogP contribution in [0.15, 0.2) is 12.1 Å². The molecule has 7 heteroatoms. The van der Waals surface area contributed by atoms with Crippen LogP contribution in [0.5, 0.6) is 0 Å². The van der Waals surface area contributed by atoms with E-state index >= 15 is 0 Å². The van der Waals surface area contributed by atoms with Gasteiger partial charge in [-0.3, -0.25) is 4.79 Å². The minimum absolute atomic E-state index is 0.0818. The molecule has 0 atom stereocenters. The molecular weight excluding hydrogens is 302 g/mol. The number of aromatic nitrogens is 1. The first-order valence-electron chi connectivity index (χ1n) is 5.68. The van der Waals surface area contributed by atoms with Crippen LogP contribution < -0.4 is 5.32 Å². The van der Waals surface area contributed by atoms with Gasteiger partial charge in [0.2, 0.25) is 0 Å². The summed E-state index contributed by atoms with van der Waals surface area (Å²) in [6, 6.07) is 2.82. The number of amides is 1. The number of hydrogen-bond donors (Lipinski definition) is 1. The van der Waals surface area contributed by atoms with E-state index in [9.17, 15) is 14.9 Å². The summed E-state index contributed by atoms with van der Waals surface area (Å²) in [4.78, 5) is 22.3. The zero-order valence-electron chi connectivity index (χ0n) is 9.98. The first-order chi connectivity index (χ1) is 8.49. The fourth-order valence-corrected chi connectivity index (χ4v) is 2.81. The number of hydrogen-bond acceptors (Lipinski definition) is 3. The summed E-state index contributed by atoms with van der Waals surface area (Å²) in [5.41, 5.74) is 0.129. The molecule has 1 aromatic rings. The summed E-state index contributed by atoms with van der Waals surface area (Å²) >= 11 is 3.40. The lowest BCUT2D eigenvalue weighted by atomic mass is 9.78. The highest BCUT2D eigenvalue weighted by Gasteiger charge is 2.38. The molecule has 98 valence electrons. The molecule has 0 unspecified atom stereocenters. The summed E-state index contributed by atoms with van der Waals surface area (Å²) in [6.45, 7) is 0. The normalized spacial score (nSPS) is 17.0. The molecule has 18 heavy (non-hydrogen) atoms. The van der Waals surface area contributed by atoms with Crippen molar-refractivity contribution in [3.8, 4) is 0 Å². The van der Waals surface area contributed by atoms with Crippen molar-refractivity contribution in [3.63, 3.8) is 0 Å². The maximum Gasteiger partial charge on any atom is 0.323 e. The molecule has 1 aliphatic carbocycles. The molecule has 1 aliphatic rings. The summed E-state index contributed by atoms with van der Waals surface area (Å²) < 4.78 is 1.30. The maximum atomic E-state index is 12.1. The van der Waals surface area contributed by atoms with E-state index in [2.05, 4.69) is 21.2 Å². The second-order valence-electron chi connectivity index (χ2n) is 4.61. The average molecular weight is 316 g/mol. The Morgan fingerprint density at radius 2 is 2.28 bits per heavy atom. The smallest absolute Gasteiger partial charge is 0.323 e. The van der Waals surface area contributed by atoms with Gasteiger partial charge in [-0.25, -0.2) is 4.57 Å². The number of nitrogens with zero attached hydrogens (tertiary/aromatic N) is 2. The Kier molecular flexibility index (Phi) is 3.43. The van der Waals surface area contributed by atoms with E-state index in [0.717, 1.165) is 19.3 Å². The molecule has 0 aliphatic heterocycles. The molecule has 1 N–H and O–H groups in total. The van der Waals surface area contributed by atoms with Crippen LogP contribution in [0.25, 0.3) is 0 Å². The average Bonchev–Trinajstić information content (AvgIpc) is 2.65. The Bertz CT molecular complexity index is 488. The predicted molar refractivity (Wildman–Crippen MR) is 69.9 cm³/mol. The van der Waals surface area contributed by atoms with Gasteiger partial charge < -0.3 is 15.4 Å². The van der Waals surface area contributed by atoms with E-state index in [1.165, 1.54) is 23.7 Å². The van der Waals surface area contributed by atoms with Crippen LogP contribution in [0.1, 0.15) is 29.8 Å². The van der Waals surface area contributed by atoms with Crippen molar-refractivity contribution in [2.24, 2.45) is 7.05 Å². The van der Waals surface area contributed by atoms with Gasteiger partial charge in [0.15, 0.2) is 5.69 Å². The van der Waals surface area contributed by atoms with Gasteiger partial charge in [0.1, 0.15) is 0 Å². The molecule has 0 bridgehead atoms. The van der Waals surface area contributed by atoms with Gasteiger partial charge in [0.25, 0.3) is 5.91 Å². The van der Waals surface area contributed by atoms with E-state index in [1.54, 1.807) is 0 Å². The SMILES string of the molecule is Cn1c(C(=O)NC2(CBr)CCC2)ccc1[N+](=O)[O-]. The van der Waals surface area contributed by atoms with Crippen molar-refractivity contribution in [2.75, 3.05) is 5.33 Å². The van der Waals surface area contributed by atoms with Crippen molar-refractivity contribution in [1.82, 2.24) is 9.88 Å². The van der Waals surface area contributed by atoms with Crippen LogP contribution in [0, 0.1) is 10.1 Å². The molecule has 0 radical (unpaired) electrons. The molecule has 6 nitrogen and oxygen atoms in total. The highest BCUT2D eigenvalue weighted by atomic mass is 79.9. The van der Waals surface area contributed by atoms with Crippen LogP contribution in [0.4, 0.5) is 5.82 Å². The third kappa shape index (κ3) is 2.14. The van der Waals surface area contributed by atoms with Gasteiger partial charge in [0, 0.05) is 11.4 Å². The summed E-state index contributed by atoms with van der Waals surface area (Å²) in [5, 5.41) is 14.4. The topological polar surface area (TPSA) is 77.2 Å². The monoisotopic (exact) mass is 315 g/mol. The molecule has 1 heterocycles. The molecule has 2 rings (SSSR count). The minimum atomic E-state index is -0.500. The maximum absolute atomic E-state index is 12.1. The minimum Gasteiger partial charge on any atom is -0.358 e. The Hall–Kier alpha value is -1.37. The Morgan fingerprint density at radius 3 is 2.67 bits per heavy atom. The van der Waals surface area contributed by atoms with Gasteiger partial charge in [0.05, 0.1) is 12.6 Å². The van der Waals surface area contributed by atoms with Crippen molar-refractivity contribution >= 4 is 27.7 Å². The first kappa shape index (κ1) is 13.1. The van der Waals surface area contributed by atoms with Crippen molar-refractivity contribution < 1.29 is 9.72 Å². The van der Waals surface area contributed by atoms with Crippen LogP contribution in [-0.2, 0) is 7.05 Å².